The molecule has 1 aromatic rings. The van der Waals surface area contributed by atoms with E-state index >= 15 is 0 Å². The fraction of sp³-hybridized carbons (Fsp3) is 0.562. The van der Waals surface area contributed by atoms with Crippen molar-refractivity contribution in [3.05, 3.63) is 27.7 Å². The number of amides is 1. The van der Waals surface area contributed by atoms with Crippen molar-refractivity contribution in [2.75, 3.05) is 7.11 Å². The molecule has 2 aliphatic heterocycles. The molecule has 1 N–H and O–H groups in total. The van der Waals surface area contributed by atoms with Crippen LogP contribution in [0.1, 0.15) is 47.0 Å². The highest BCUT2D eigenvalue weighted by Crippen LogP contribution is 2.44. The SMILES string of the molecule is COc1c2n(cc(C(=O)O)c1=O)C[C@@]1(C)O[C@@H]3CC[C@@H](C3)N1C2=O. The number of carbonyl (C=O) groups is 2. The second kappa shape index (κ2) is 4.83. The van der Waals surface area contributed by atoms with E-state index < -0.39 is 22.7 Å². The van der Waals surface area contributed by atoms with Gasteiger partial charge >= 0.3 is 5.97 Å². The van der Waals surface area contributed by atoms with Crippen LogP contribution in [-0.4, -0.2) is 51.4 Å². The third-order valence-corrected chi connectivity index (χ3v) is 5.21. The van der Waals surface area contributed by atoms with Gasteiger partial charge in [-0.25, -0.2) is 4.79 Å². The number of carboxylic acids is 1. The second-order valence-corrected chi connectivity index (χ2v) is 6.74. The van der Waals surface area contributed by atoms with Crippen molar-refractivity contribution >= 4 is 11.9 Å². The Balaban J connectivity index is 1.93. The maximum absolute atomic E-state index is 13.1. The smallest absolute Gasteiger partial charge is 0.341 e. The Bertz CT molecular complexity index is 816. The molecule has 3 atom stereocenters. The van der Waals surface area contributed by atoms with Gasteiger partial charge in [0.05, 0.1) is 19.8 Å². The Kier molecular flexibility index (Phi) is 3.05. The fourth-order valence-corrected chi connectivity index (χ4v) is 4.31. The Hall–Kier alpha value is -2.35. The average Bonchev–Trinajstić information content (AvgIpc) is 2.89. The topological polar surface area (TPSA) is 98.1 Å². The summed E-state index contributed by atoms with van der Waals surface area (Å²) in [4.78, 5) is 38.5. The molecule has 8 heteroatoms. The van der Waals surface area contributed by atoms with Crippen molar-refractivity contribution < 1.29 is 24.2 Å². The molecular weight excluding hydrogens is 316 g/mol. The molecule has 1 aromatic heterocycles. The van der Waals surface area contributed by atoms with Crippen molar-refractivity contribution in [2.24, 2.45) is 0 Å². The Morgan fingerprint density at radius 3 is 2.83 bits per heavy atom. The van der Waals surface area contributed by atoms with E-state index in [0.29, 0.717) is 0 Å². The van der Waals surface area contributed by atoms with Crippen LogP contribution >= 0.6 is 0 Å². The van der Waals surface area contributed by atoms with Gasteiger partial charge in [0.1, 0.15) is 5.56 Å². The van der Waals surface area contributed by atoms with Gasteiger partial charge in [0.15, 0.2) is 17.2 Å². The number of rotatable bonds is 2. The van der Waals surface area contributed by atoms with E-state index in [9.17, 15) is 19.5 Å². The molecule has 1 amide bonds. The number of carbonyl (C=O) groups excluding carboxylic acids is 1. The summed E-state index contributed by atoms with van der Waals surface area (Å²) in [6.07, 6.45) is 3.89. The van der Waals surface area contributed by atoms with Gasteiger partial charge in [0, 0.05) is 12.2 Å². The predicted octanol–water partition coefficient (Wildman–Crippen LogP) is 0.678. The highest BCUT2D eigenvalue weighted by Gasteiger charge is 2.54. The monoisotopic (exact) mass is 334 g/mol. The van der Waals surface area contributed by atoms with Crippen molar-refractivity contribution in [1.82, 2.24) is 9.47 Å². The summed E-state index contributed by atoms with van der Waals surface area (Å²) in [5, 5.41) is 9.25. The zero-order valence-electron chi connectivity index (χ0n) is 13.4. The predicted molar refractivity (Wildman–Crippen MR) is 81.3 cm³/mol. The maximum atomic E-state index is 13.1. The largest absolute Gasteiger partial charge is 0.491 e. The van der Waals surface area contributed by atoms with Crippen LogP contribution < -0.4 is 10.2 Å². The number of fused-ring (bicyclic) bond motifs is 5. The molecule has 2 bridgehead atoms. The summed E-state index contributed by atoms with van der Waals surface area (Å²) in [6.45, 7) is 2.10. The van der Waals surface area contributed by atoms with Gasteiger partial charge < -0.3 is 24.0 Å². The van der Waals surface area contributed by atoms with Crippen LogP contribution in [0, 0.1) is 0 Å². The third kappa shape index (κ3) is 1.86. The number of methoxy groups -OCH3 is 1. The number of hydrogen-bond acceptors (Lipinski definition) is 5. The molecule has 1 saturated carbocycles. The first-order valence-electron chi connectivity index (χ1n) is 7.92. The zero-order chi connectivity index (χ0) is 17.2. The van der Waals surface area contributed by atoms with E-state index in [1.807, 2.05) is 6.92 Å². The summed E-state index contributed by atoms with van der Waals surface area (Å²) in [6, 6.07) is 0.0777. The van der Waals surface area contributed by atoms with Crippen LogP contribution in [0.3, 0.4) is 0 Å². The maximum Gasteiger partial charge on any atom is 0.341 e. The van der Waals surface area contributed by atoms with Crippen LogP contribution in [0.15, 0.2) is 11.0 Å². The molecule has 3 heterocycles. The summed E-state index contributed by atoms with van der Waals surface area (Å²) < 4.78 is 12.7. The molecule has 0 unspecified atom stereocenters. The average molecular weight is 334 g/mol. The first kappa shape index (κ1) is 15.2. The highest BCUT2D eigenvalue weighted by molar-refractivity contribution is 5.98. The lowest BCUT2D eigenvalue weighted by Crippen LogP contribution is -2.64. The minimum absolute atomic E-state index is 0.0777. The van der Waals surface area contributed by atoms with Gasteiger partial charge in [0.25, 0.3) is 5.91 Å². The van der Waals surface area contributed by atoms with E-state index in [1.165, 1.54) is 17.9 Å². The number of ether oxygens (including phenoxy) is 2. The van der Waals surface area contributed by atoms with Gasteiger partial charge in [-0.05, 0) is 26.2 Å². The van der Waals surface area contributed by atoms with Crippen LogP contribution in [0.2, 0.25) is 0 Å². The van der Waals surface area contributed by atoms with Gasteiger partial charge in [-0.3, -0.25) is 9.59 Å². The first-order valence-corrected chi connectivity index (χ1v) is 7.92. The van der Waals surface area contributed by atoms with Gasteiger partial charge in [-0.2, -0.15) is 0 Å². The lowest BCUT2D eigenvalue weighted by Gasteiger charge is -2.51. The van der Waals surface area contributed by atoms with Crippen LogP contribution in [0.25, 0.3) is 0 Å². The van der Waals surface area contributed by atoms with Gasteiger partial charge in [0.2, 0.25) is 5.43 Å². The number of aromatic nitrogens is 1. The molecule has 8 nitrogen and oxygen atoms in total. The molecule has 2 fully saturated rings. The molecule has 4 rings (SSSR count). The quantitative estimate of drug-likeness (QED) is 0.854. The third-order valence-electron chi connectivity index (χ3n) is 5.21. The van der Waals surface area contributed by atoms with Crippen molar-refractivity contribution in [1.29, 1.82) is 0 Å². The van der Waals surface area contributed by atoms with Crippen LogP contribution in [-0.2, 0) is 11.3 Å². The number of aromatic carboxylic acids is 1. The summed E-state index contributed by atoms with van der Waals surface area (Å²) in [5.74, 6) is -1.92. The minimum Gasteiger partial charge on any atom is -0.491 e. The minimum atomic E-state index is -1.35. The van der Waals surface area contributed by atoms with Crippen molar-refractivity contribution in [2.45, 2.75) is 50.6 Å². The van der Waals surface area contributed by atoms with Gasteiger partial charge in [-0.1, -0.05) is 0 Å². The molecule has 24 heavy (non-hydrogen) atoms. The van der Waals surface area contributed by atoms with E-state index in [2.05, 4.69) is 0 Å². The number of hydrogen-bond donors (Lipinski definition) is 1. The van der Waals surface area contributed by atoms with E-state index in [1.54, 1.807) is 4.90 Å². The summed E-state index contributed by atoms with van der Waals surface area (Å²) in [5.41, 5.74) is -1.95. The van der Waals surface area contributed by atoms with Gasteiger partial charge in [-0.15, -0.1) is 0 Å². The molecule has 1 saturated heterocycles. The lowest BCUT2D eigenvalue weighted by molar-refractivity contribution is -0.202. The normalized spacial score (nSPS) is 30.8. The molecule has 3 aliphatic rings. The highest BCUT2D eigenvalue weighted by atomic mass is 16.5. The number of carboxylic acid groups (broad SMARTS) is 1. The Morgan fingerprint density at radius 1 is 1.42 bits per heavy atom. The fourth-order valence-electron chi connectivity index (χ4n) is 4.31. The van der Waals surface area contributed by atoms with Crippen LogP contribution in [0.4, 0.5) is 0 Å². The van der Waals surface area contributed by atoms with Crippen molar-refractivity contribution in [3.8, 4) is 5.75 Å². The standard InChI is InChI=1S/C16H18N2O6/c1-16-7-17-6-10(15(21)22)12(19)13(23-2)11(17)14(20)18(16)8-3-4-9(5-8)24-16/h6,8-9H,3-5,7H2,1-2H3,(H,21,22)/t8-,9+,16+/m0/s1. The number of pyridine rings is 1. The Morgan fingerprint density at radius 2 is 2.17 bits per heavy atom. The number of nitrogens with zero attached hydrogens (tertiary/aromatic N) is 2. The Labute approximate surface area is 137 Å². The summed E-state index contributed by atoms with van der Waals surface area (Å²) in [7, 11) is 1.27. The molecule has 0 aromatic carbocycles. The molecule has 128 valence electrons. The molecule has 0 radical (unpaired) electrons. The van der Waals surface area contributed by atoms with E-state index in [0.717, 1.165) is 19.3 Å². The molecule has 1 aliphatic carbocycles. The first-order chi connectivity index (χ1) is 11.4. The second-order valence-electron chi connectivity index (χ2n) is 6.74. The van der Waals surface area contributed by atoms with Crippen molar-refractivity contribution in [3.63, 3.8) is 0 Å². The van der Waals surface area contributed by atoms with E-state index in [4.69, 9.17) is 9.47 Å². The lowest BCUT2D eigenvalue weighted by atomic mass is 10.00. The van der Waals surface area contributed by atoms with E-state index in [-0.39, 0.29) is 36.0 Å². The summed E-state index contributed by atoms with van der Waals surface area (Å²) >= 11 is 0. The molecular formula is C16H18N2O6. The molecule has 0 spiro atoms. The zero-order valence-corrected chi connectivity index (χ0v) is 13.4. The van der Waals surface area contributed by atoms with Crippen LogP contribution in [0.5, 0.6) is 5.75 Å².